The van der Waals surface area contributed by atoms with Crippen LogP contribution in [0.4, 0.5) is 0 Å². The summed E-state index contributed by atoms with van der Waals surface area (Å²) in [4.78, 5) is 3.12. The molecule has 0 unspecified atom stereocenters. The van der Waals surface area contributed by atoms with E-state index in [0.29, 0.717) is 6.61 Å². The molecule has 0 saturated carbocycles. The Labute approximate surface area is 142 Å². The Bertz CT molecular complexity index is 714. The van der Waals surface area contributed by atoms with Gasteiger partial charge in [-0.25, -0.2) is 0 Å². The lowest BCUT2D eigenvalue weighted by Gasteiger charge is -2.31. The molecule has 0 amide bonds. The molecule has 120 valence electrons. The lowest BCUT2D eigenvalue weighted by Crippen LogP contribution is -2.35. The Kier molecular flexibility index (Phi) is 4.82. The van der Waals surface area contributed by atoms with Crippen molar-refractivity contribution in [3.05, 3.63) is 59.2 Å². The zero-order valence-corrected chi connectivity index (χ0v) is 14.4. The van der Waals surface area contributed by atoms with Crippen LogP contribution in [0, 0.1) is 0 Å². The average Bonchev–Trinajstić information content (AvgIpc) is 2.61. The van der Waals surface area contributed by atoms with Gasteiger partial charge in [-0.05, 0) is 42.7 Å². The first-order valence-electron chi connectivity index (χ1n) is 7.89. The highest BCUT2D eigenvalue weighted by Gasteiger charge is 2.19. The highest BCUT2D eigenvalue weighted by Crippen LogP contribution is 2.29. The van der Waals surface area contributed by atoms with Gasteiger partial charge < -0.3 is 14.4 Å². The lowest BCUT2D eigenvalue weighted by molar-refractivity contribution is 0.311. The Hall–Kier alpha value is -2.07. The predicted molar refractivity (Wildman–Crippen MR) is 96.4 cm³/mol. The van der Waals surface area contributed by atoms with Crippen molar-refractivity contribution < 1.29 is 9.47 Å². The van der Waals surface area contributed by atoms with E-state index >= 15 is 0 Å². The highest BCUT2D eigenvalue weighted by atomic mass is 32.1. The van der Waals surface area contributed by atoms with E-state index in [2.05, 4.69) is 29.2 Å². The van der Waals surface area contributed by atoms with Gasteiger partial charge in [0.2, 0.25) is 0 Å². The minimum absolute atomic E-state index is 0.614. The van der Waals surface area contributed by atoms with Gasteiger partial charge in [0, 0.05) is 18.7 Å². The maximum atomic E-state index is 5.71. The molecule has 3 nitrogen and oxygen atoms in total. The second kappa shape index (κ2) is 7.01. The molecule has 1 aliphatic heterocycles. The maximum absolute atomic E-state index is 5.71. The standard InChI is InChI=1S/C19H21NO2S/c1-3-22-17-9-8-15(12-18(17)21-2)19(23)20-11-10-14-6-4-5-7-16(14)13-20/h4-9,12H,3,10-11,13H2,1-2H3. The second-order valence-electron chi connectivity index (χ2n) is 5.54. The molecule has 1 aliphatic rings. The van der Waals surface area contributed by atoms with Gasteiger partial charge in [-0.1, -0.05) is 36.5 Å². The molecule has 0 spiro atoms. The summed E-state index contributed by atoms with van der Waals surface area (Å²) in [7, 11) is 1.65. The van der Waals surface area contributed by atoms with E-state index in [1.165, 1.54) is 11.1 Å². The van der Waals surface area contributed by atoms with Crippen molar-refractivity contribution in [2.75, 3.05) is 20.3 Å². The number of nitrogens with zero attached hydrogens (tertiary/aromatic N) is 1. The molecule has 0 N–H and O–H groups in total. The minimum atomic E-state index is 0.614. The fourth-order valence-electron chi connectivity index (χ4n) is 2.93. The molecule has 0 radical (unpaired) electrons. The van der Waals surface area contributed by atoms with Gasteiger partial charge in [0.05, 0.1) is 13.7 Å². The van der Waals surface area contributed by atoms with E-state index in [9.17, 15) is 0 Å². The molecule has 0 atom stereocenters. The van der Waals surface area contributed by atoms with Crippen LogP contribution in [0.2, 0.25) is 0 Å². The van der Waals surface area contributed by atoms with Crippen LogP contribution in [0.25, 0.3) is 0 Å². The molecule has 0 fully saturated rings. The predicted octanol–water partition coefficient (Wildman–Crippen LogP) is 3.83. The summed E-state index contributed by atoms with van der Waals surface area (Å²) in [6.45, 7) is 4.39. The number of hydrogen-bond donors (Lipinski definition) is 0. The molecule has 0 aliphatic carbocycles. The van der Waals surface area contributed by atoms with Crippen molar-refractivity contribution in [1.29, 1.82) is 0 Å². The summed E-state index contributed by atoms with van der Waals surface area (Å²) < 4.78 is 11.0. The first-order chi connectivity index (χ1) is 11.2. The van der Waals surface area contributed by atoms with Crippen molar-refractivity contribution in [2.45, 2.75) is 19.9 Å². The first-order valence-corrected chi connectivity index (χ1v) is 8.30. The molecule has 3 rings (SSSR count). The third-order valence-corrected chi connectivity index (χ3v) is 4.62. The van der Waals surface area contributed by atoms with Crippen LogP contribution in [0.5, 0.6) is 11.5 Å². The van der Waals surface area contributed by atoms with Gasteiger partial charge in [0.15, 0.2) is 11.5 Å². The summed E-state index contributed by atoms with van der Waals surface area (Å²) in [6, 6.07) is 14.5. The van der Waals surface area contributed by atoms with Crippen molar-refractivity contribution in [1.82, 2.24) is 4.90 Å². The Morgan fingerprint density at radius 1 is 1.13 bits per heavy atom. The zero-order valence-electron chi connectivity index (χ0n) is 13.5. The molecule has 23 heavy (non-hydrogen) atoms. The molecule has 1 heterocycles. The van der Waals surface area contributed by atoms with E-state index in [4.69, 9.17) is 21.7 Å². The number of rotatable bonds is 4. The zero-order chi connectivity index (χ0) is 16.2. The van der Waals surface area contributed by atoms with E-state index in [1.807, 2.05) is 25.1 Å². The van der Waals surface area contributed by atoms with Crippen LogP contribution >= 0.6 is 12.2 Å². The smallest absolute Gasteiger partial charge is 0.161 e. The fourth-order valence-corrected chi connectivity index (χ4v) is 3.21. The van der Waals surface area contributed by atoms with Gasteiger partial charge in [0.25, 0.3) is 0 Å². The molecule has 2 aromatic carbocycles. The van der Waals surface area contributed by atoms with Gasteiger partial charge in [0.1, 0.15) is 4.99 Å². The molecule has 4 heteroatoms. The van der Waals surface area contributed by atoms with E-state index < -0.39 is 0 Å². The SMILES string of the molecule is CCOc1ccc(C(=S)N2CCc3ccccc3C2)cc1OC. The van der Waals surface area contributed by atoms with Crippen LogP contribution in [0.3, 0.4) is 0 Å². The van der Waals surface area contributed by atoms with E-state index in [-0.39, 0.29) is 0 Å². The first kappa shape index (κ1) is 15.8. The van der Waals surface area contributed by atoms with E-state index in [0.717, 1.165) is 41.6 Å². The third kappa shape index (κ3) is 3.32. The van der Waals surface area contributed by atoms with Crippen LogP contribution < -0.4 is 9.47 Å². The number of methoxy groups -OCH3 is 1. The van der Waals surface area contributed by atoms with Crippen LogP contribution in [0.1, 0.15) is 23.6 Å². The van der Waals surface area contributed by atoms with Crippen molar-refractivity contribution in [3.63, 3.8) is 0 Å². The average molecular weight is 327 g/mol. The van der Waals surface area contributed by atoms with Crippen LogP contribution in [0.15, 0.2) is 42.5 Å². The summed E-state index contributed by atoms with van der Waals surface area (Å²) >= 11 is 5.71. The molecular formula is C19H21NO2S. The number of ether oxygens (including phenoxy) is 2. The fraction of sp³-hybridized carbons (Fsp3) is 0.316. The summed E-state index contributed by atoms with van der Waals surface area (Å²) in [5, 5.41) is 0. The third-order valence-electron chi connectivity index (χ3n) is 4.13. The molecule has 0 aromatic heterocycles. The number of fused-ring (bicyclic) bond motifs is 1. The quantitative estimate of drug-likeness (QED) is 0.796. The molecule has 0 saturated heterocycles. The topological polar surface area (TPSA) is 21.7 Å². The van der Waals surface area contributed by atoms with Crippen molar-refractivity contribution in [2.24, 2.45) is 0 Å². The summed E-state index contributed by atoms with van der Waals surface area (Å²) in [5.41, 5.74) is 3.79. The summed E-state index contributed by atoms with van der Waals surface area (Å²) in [5.74, 6) is 1.48. The largest absolute Gasteiger partial charge is 0.493 e. The molecule has 2 aromatic rings. The highest BCUT2D eigenvalue weighted by molar-refractivity contribution is 7.80. The van der Waals surface area contributed by atoms with Crippen LogP contribution in [-0.4, -0.2) is 30.1 Å². The Morgan fingerprint density at radius 2 is 1.91 bits per heavy atom. The Morgan fingerprint density at radius 3 is 2.65 bits per heavy atom. The van der Waals surface area contributed by atoms with Gasteiger partial charge >= 0.3 is 0 Å². The minimum Gasteiger partial charge on any atom is -0.493 e. The van der Waals surface area contributed by atoms with Gasteiger partial charge in [-0.15, -0.1) is 0 Å². The second-order valence-corrected chi connectivity index (χ2v) is 5.93. The maximum Gasteiger partial charge on any atom is 0.161 e. The lowest BCUT2D eigenvalue weighted by atomic mass is 9.99. The monoisotopic (exact) mass is 327 g/mol. The van der Waals surface area contributed by atoms with Crippen molar-refractivity contribution in [3.8, 4) is 11.5 Å². The van der Waals surface area contributed by atoms with Crippen molar-refractivity contribution >= 4 is 17.2 Å². The molecule has 0 bridgehead atoms. The number of hydrogen-bond acceptors (Lipinski definition) is 3. The van der Waals surface area contributed by atoms with Gasteiger partial charge in [-0.2, -0.15) is 0 Å². The number of benzene rings is 2. The van der Waals surface area contributed by atoms with Crippen LogP contribution in [-0.2, 0) is 13.0 Å². The molecular weight excluding hydrogens is 306 g/mol. The van der Waals surface area contributed by atoms with E-state index in [1.54, 1.807) is 7.11 Å². The number of thiocarbonyl (C=S) groups is 1. The summed E-state index contributed by atoms with van der Waals surface area (Å²) in [6.07, 6.45) is 1.03. The van der Waals surface area contributed by atoms with Gasteiger partial charge in [-0.3, -0.25) is 0 Å². The normalized spacial score (nSPS) is 13.4. The Balaban J connectivity index is 1.81.